The quantitative estimate of drug-likeness (QED) is 0.774. The maximum atomic E-state index is 5.71. The zero-order valence-corrected chi connectivity index (χ0v) is 10.6. The van der Waals surface area contributed by atoms with Gasteiger partial charge in [-0.2, -0.15) is 0 Å². The van der Waals surface area contributed by atoms with Gasteiger partial charge in [-0.1, -0.05) is 18.2 Å². The molecule has 0 saturated carbocycles. The average molecular weight is 254 g/mol. The number of hydrogen-bond acceptors (Lipinski definition) is 4. The molecule has 2 aromatic heterocycles. The zero-order chi connectivity index (χ0) is 13.2. The molecule has 2 N–H and O–H groups in total. The van der Waals surface area contributed by atoms with Crippen molar-refractivity contribution in [3.05, 3.63) is 48.2 Å². The van der Waals surface area contributed by atoms with Crippen LogP contribution in [0.1, 0.15) is 5.56 Å². The molecule has 0 aliphatic rings. The van der Waals surface area contributed by atoms with E-state index in [-0.39, 0.29) is 0 Å². The van der Waals surface area contributed by atoms with Crippen molar-refractivity contribution in [2.24, 2.45) is 5.73 Å². The third-order valence-electron chi connectivity index (χ3n) is 3.08. The van der Waals surface area contributed by atoms with E-state index in [9.17, 15) is 0 Å². The summed E-state index contributed by atoms with van der Waals surface area (Å²) in [5.74, 6) is 1.53. The standard InChI is InChI=1S/C14H14N4O/c1-19-12-7-3-2-6-11(12)14-17-16-13-10(9-15)5-4-8-18(13)14/h2-8H,9,15H2,1H3. The Hall–Kier alpha value is -2.40. The summed E-state index contributed by atoms with van der Waals surface area (Å²) >= 11 is 0. The maximum absolute atomic E-state index is 5.71. The first-order valence-corrected chi connectivity index (χ1v) is 6.01. The average Bonchev–Trinajstić information content (AvgIpc) is 2.90. The molecule has 0 amide bonds. The second kappa shape index (κ2) is 4.70. The molecule has 3 aromatic rings. The van der Waals surface area contributed by atoms with Gasteiger partial charge in [0.25, 0.3) is 0 Å². The van der Waals surface area contributed by atoms with Crippen LogP contribution in [0.15, 0.2) is 42.6 Å². The highest BCUT2D eigenvalue weighted by atomic mass is 16.5. The summed E-state index contributed by atoms with van der Waals surface area (Å²) in [4.78, 5) is 0. The predicted octanol–water partition coefficient (Wildman–Crippen LogP) is 1.86. The monoisotopic (exact) mass is 254 g/mol. The number of nitrogens with zero attached hydrogens (tertiary/aromatic N) is 3. The molecule has 0 unspecified atom stereocenters. The van der Waals surface area contributed by atoms with Gasteiger partial charge in [-0.15, -0.1) is 10.2 Å². The lowest BCUT2D eigenvalue weighted by Crippen LogP contribution is -2.00. The summed E-state index contributed by atoms with van der Waals surface area (Å²) in [7, 11) is 1.65. The minimum Gasteiger partial charge on any atom is -0.496 e. The van der Waals surface area contributed by atoms with Crippen LogP contribution in [0.5, 0.6) is 5.75 Å². The van der Waals surface area contributed by atoms with Crippen molar-refractivity contribution in [3.63, 3.8) is 0 Å². The van der Waals surface area contributed by atoms with Gasteiger partial charge in [-0.05, 0) is 18.2 Å². The van der Waals surface area contributed by atoms with E-state index in [1.807, 2.05) is 47.0 Å². The fraction of sp³-hybridized carbons (Fsp3) is 0.143. The third kappa shape index (κ3) is 1.84. The van der Waals surface area contributed by atoms with E-state index in [4.69, 9.17) is 10.5 Å². The molecule has 96 valence electrons. The van der Waals surface area contributed by atoms with Crippen LogP contribution >= 0.6 is 0 Å². The summed E-state index contributed by atoms with van der Waals surface area (Å²) in [6, 6.07) is 11.6. The normalized spacial score (nSPS) is 10.8. The Morgan fingerprint density at radius 1 is 1.16 bits per heavy atom. The number of pyridine rings is 1. The molecule has 0 spiro atoms. The molecule has 0 aliphatic carbocycles. The van der Waals surface area contributed by atoms with Crippen molar-refractivity contribution in [1.82, 2.24) is 14.6 Å². The molecule has 0 bridgehead atoms. The predicted molar refractivity (Wildman–Crippen MR) is 72.9 cm³/mol. The number of methoxy groups -OCH3 is 1. The number of fused-ring (bicyclic) bond motifs is 1. The fourth-order valence-electron chi connectivity index (χ4n) is 2.14. The van der Waals surface area contributed by atoms with E-state index in [1.54, 1.807) is 7.11 Å². The summed E-state index contributed by atoms with van der Waals surface area (Å²) in [5, 5.41) is 8.48. The van der Waals surface area contributed by atoms with Gasteiger partial charge >= 0.3 is 0 Å². The molecule has 2 heterocycles. The number of aromatic nitrogens is 3. The van der Waals surface area contributed by atoms with Crippen molar-refractivity contribution < 1.29 is 4.74 Å². The van der Waals surface area contributed by atoms with Crippen molar-refractivity contribution in [2.75, 3.05) is 7.11 Å². The lowest BCUT2D eigenvalue weighted by molar-refractivity contribution is 0.416. The molecule has 0 fully saturated rings. The number of benzene rings is 1. The molecular weight excluding hydrogens is 240 g/mol. The second-order valence-corrected chi connectivity index (χ2v) is 4.16. The Kier molecular flexibility index (Phi) is 2.89. The van der Waals surface area contributed by atoms with Gasteiger partial charge in [0, 0.05) is 18.3 Å². The van der Waals surface area contributed by atoms with E-state index < -0.39 is 0 Å². The fourth-order valence-corrected chi connectivity index (χ4v) is 2.14. The lowest BCUT2D eigenvalue weighted by atomic mass is 10.2. The van der Waals surface area contributed by atoms with Crippen LogP contribution in [0, 0.1) is 0 Å². The zero-order valence-electron chi connectivity index (χ0n) is 10.6. The number of para-hydroxylation sites is 1. The Bertz CT molecular complexity index is 720. The maximum Gasteiger partial charge on any atom is 0.172 e. The van der Waals surface area contributed by atoms with Gasteiger partial charge in [-0.3, -0.25) is 4.40 Å². The summed E-state index contributed by atoms with van der Waals surface area (Å²) in [5.41, 5.74) is 8.37. The minimum atomic E-state index is 0.439. The smallest absolute Gasteiger partial charge is 0.172 e. The molecule has 19 heavy (non-hydrogen) atoms. The van der Waals surface area contributed by atoms with Crippen LogP contribution in [0.4, 0.5) is 0 Å². The molecule has 5 heteroatoms. The molecule has 1 aromatic carbocycles. The molecular formula is C14H14N4O. The Labute approximate surface area is 110 Å². The van der Waals surface area contributed by atoms with Gasteiger partial charge in [0.2, 0.25) is 0 Å². The highest BCUT2D eigenvalue weighted by molar-refractivity contribution is 5.67. The Balaban J connectivity index is 2.26. The highest BCUT2D eigenvalue weighted by Gasteiger charge is 2.13. The number of rotatable bonds is 3. The summed E-state index contributed by atoms with van der Waals surface area (Å²) in [6.07, 6.45) is 1.93. The molecule has 3 rings (SSSR count). The van der Waals surface area contributed by atoms with Crippen LogP contribution in [-0.4, -0.2) is 21.7 Å². The third-order valence-corrected chi connectivity index (χ3v) is 3.08. The second-order valence-electron chi connectivity index (χ2n) is 4.16. The van der Waals surface area contributed by atoms with E-state index in [2.05, 4.69) is 10.2 Å². The van der Waals surface area contributed by atoms with Crippen LogP contribution in [0.3, 0.4) is 0 Å². The summed E-state index contributed by atoms with van der Waals surface area (Å²) in [6.45, 7) is 0.439. The van der Waals surface area contributed by atoms with Crippen molar-refractivity contribution in [2.45, 2.75) is 6.54 Å². The topological polar surface area (TPSA) is 65.4 Å². The lowest BCUT2D eigenvalue weighted by Gasteiger charge is -2.06. The van der Waals surface area contributed by atoms with E-state index >= 15 is 0 Å². The van der Waals surface area contributed by atoms with Gasteiger partial charge in [0.1, 0.15) is 5.75 Å². The van der Waals surface area contributed by atoms with Crippen LogP contribution in [0.25, 0.3) is 17.0 Å². The minimum absolute atomic E-state index is 0.439. The van der Waals surface area contributed by atoms with Gasteiger partial charge in [-0.25, -0.2) is 0 Å². The van der Waals surface area contributed by atoms with E-state index in [0.717, 1.165) is 28.3 Å². The Morgan fingerprint density at radius 2 is 2.00 bits per heavy atom. The molecule has 0 aliphatic heterocycles. The van der Waals surface area contributed by atoms with Crippen molar-refractivity contribution in [1.29, 1.82) is 0 Å². The SMILES string of the molecule is COc1ccccc1-c1nnc2c(CN)cccn12. The van der Waals surface area contributed by atoms with Crippen LogP contribution in [-0.2, 0) is 6.54 Å². The largest absolute Gasteiger partial charge is 0.496 e. The van der Waals surface area contributed by atoms with Crippen LogP contribution in [0.2, 0.25) is 0 Å². The first-order valence-electron chi connectivity index (χ1n) is 6.01. The van der Waals surface area contributed by atoms with E-state index in [0.29, 0.717) is 6.54 Å². The van der Waals surface area contributed by atoms with Gasteiger partial charge in [0.15, 0.2) is 11.5 Å². The molecule has 0 atom stereocenters. The number of ether oxygens (including phenoxy) is 1. The van der Waals surface area contributed by atoms with Gasteiger partial charge in [0.05, 0.1) is 12.7 Å². The van der Waals surface area contributed by atoms with Crippen LogP contribution < -0.4 is 10.5 Å². The Morgan fingerprint density at radius 3 is 2.79 bits per heavy atom. The van der Waals surface area contributed by atoms with E-state index in [1.165, 1.54) is 0 Å². The van der Waals surface area contributed by atoms with Crippen molar-refractivity contribution in [3.8, 4) is 17.1 Å². The highest BCUT2D eigenvalue weighted by Crippen LogP contribution is 2.28. The van der Waals surface area contributed by atoms with Crippen molar-refractivity contribution >= 4 is 5.65 Å². The number of hydrogen-bond donors (Lipinski definition) is 1. The first-order chi connectivity index (χ1) is 9.35. The molecule has 0 saturated heterocycles. The molecule has 0 radical (unpaired) electrons. The summed E-state index contributed by atoms with van der Waals surface area (Å²) < 4.78 is 7.30. The number of nitrogens with two attached hydrogens (primary N) is 1. The first kappa shape index (κ1) is 11.7. The van der Waals surface area contributed by atoms with Gasteiger partial charge < -0.3 is 10.5 Å². The molecule has 5 nitrogen and oxygen atoms in total.